The highest BCUT2D eigenvalue weighted by Gasteiger charge is 2.21. The maximum absolute atomic E-state index is 12.9. The first-order valence-corrected chi connectivity index (χ1v) is 13.9. The van der Waals surface area contributed by atoms with Gasteiger partial charge in [-0.05, 0) is 35.9 Å². The number of methoxy groups -OCH3 is 3. The summed E-state index contributed by atoms with van der Waals surface area (Å²) in [4.78, 5) is 22.2. The molecule has 0 atom stereocenters. The van der Waals surface area contributed by atoms with Gasteiger partial charge in [-0.1, -0.05) is 65.6 Å². The molecule has 0 fully saturated rings. The molecule has 2 aromatic heterocycles. The van der Waals surface area contributed by atoms with Crippen molar-refractivity contribution in [3.05, 3.63) is 78.4 Å². The van der Waals surface area contributed by atoms with Crippen LogP contribution in [0.3, 0.4) is 0 Å². The third-order valence-corrected chi connectivity index (χ3v) is 7.95. The van der Waals surface area contributed by atoms with Crippen LogP contribution in [0.2, 0.25) is 0 Å². The number of carbonyl (C=O) groups is 1. The molecule has 200 valence electrons. The molecule has 0 unspecified atom stereocenters. The summed E-state index contributed by atoms with van der Waals surface area (Å²) in [5.74, 6) is 1.18. The van der Waals surface area contributed by atoms with Crippen LogP contribution in [0.4, 0.5) is 5.13 Å². The van der Waals surface area contributed by atoms with Crippen molar-refractivity contribution in [1.82, 2.24) is 9.97 Å². The normalized spacial score (nSPS) is 10.7. The Balaban J connectivity index is 1.53. The van der Waals surface area contributed by atoms with E-state index in [-0.39, 0.29) is 11.7 Å². The van der Waals surface area contributed by atoms with Gasteiger partial charge in [-0.3, -0.25) is 4.79 Å². The number of thioether (sulfide) groups is 1. The molecule has 2 heterocycles. The quantitative estimate of drug-likeness (QED) is 0.197. The zero-order valence-electron chi connectivity index (χ0n) is 21.9. The fourth-order valence-corrected chi connectivity index (χ4v) is 5.85. The number of hydrogen-bond donors (Lipinski definition) is 1. The van der Waals surface area contributed by atoms with E-state index in [4.69, 9.17) is 19.2 Å². The lowest BCUT2D eigenvalue weighted by Crippen LogP contribution is -2.14. The number of hydrogen-bond acceptors (Lipinski definition) is 9. The first-order valence-electron chi connectivity index (χ1n) is 12.1. The van der Waals surface area contributed by atoms with Crippen molar-refractivity contribution in [3.8, 4) is 45.7 Å². The number of ether oxygens (including phenoxy) is 3. The standard InChI is InChI=1S/C30H24N4O4S2/c1-36-24-13-19(14-25(37-2)28(24)38-3)20-15-23(18-9-5-4-6-10-18)32-29(21(20)16-31)39-17-27(35)34-30-33-22-11-7-8-12-26(22)40-30/h4-15H,17H2,1-3H3,(H,33,34,35). The molecule has 1 N–H and O–H groups in total. The van der Waals surface area contributed by atoms with Gasteiger partial charge in [-0.2, -0.15) is 5.26 Å². The Labute approximate surface area is 239 Å². The number of fused-ring (bicyclic) bond motifs is 1. The highest BCUT2D eigenvalue weighted by molar-refractivity contribution is 8.00. The van der Waals surface area contributed by atoms with Crippen LogP contribution in [0.1, 0.15) is 5.56 Å². The summed E-state index contributed by atoms with van der Waals surface area (Å²) >= 11 is 2.61. The molecule has 3 aromatic carbocycles. The predicted octanol–water partition coefficient (Wildman–Crippen LogP) is 6.65. The van der Waals surface area contributed by atoms with E-state index in [1.807, 2.05) is 60.7 Å². The van der Waals surface area contributed by atoms with E-state index in [1.54, 1.807) is 26.4 Å². The number of carbonyl (C=O) groups excluding carboxylic acids is 1. The Hall–Kier alpha value is -4.59. The number of benzene rings is 3. The van der Waals surface area contributed by atoms with Crippen LogP contribution in [-0.4, -0.2) is 43.0 Å². The van der Waals surface area contributed by atoms with Crippen LogP contribution in [0.25, 0.3) is 32.6 Å². The Morgan fingerprint density at radius 2 is 1.62 bits per heavy atom. The number of rotatable bonds is 9. The summed E-state index contributed by atoms with van der Waals surface area (Å²) in [7, 11) is 4.62. The number of amides is 1. The van der Waals surface area contributed by atoms with Crippen LogP contribution >= 0.6 is 23.1 Å². The van der Waals surface area contributed by atoms with Crippen LogP contribution in [-0.2, 0) is 4.79 Å². The Kier molecular flexibility index (Phi) is 8.15. The lowest BCUT2D eigenvalue weighted by atomic mass is 9.98. The van der Waals surface area contributed by atoms with Crippen molar-refractivity contribution in [2.24, 2.45) is 0 Å². The van der Waals surface area contributed by atoms with Gasteiger partial charge in [0.25, 0.3) is 0 Å². The summed E-state index contributed by atoms with van der Waals surface area (Å²) < 4.78 is 17.6. The lowest BCUT2D eigenvalue weighted by molar-refractivity contribution is -0.113. The molecule has 8 nitrogen and oxygen atoms in total. The van der Waals surface area contributed by atoms with Gasteiger partial charge in [-0.15, -0.1) is 0 Å². The van der Waals surface area contributed by atoms with Crippen molar-refractivity contribution >= 4 is 44.4 Å². The van der Waals surface area contributed by atoms with Gasteiger partial charge in [-0.25, -0.2) is 9.97 Å². The Bertz CT molecular complexity index is 1670. The van der Waals surface area contributed by atoms with E-state index in [0.29, 0.717) is 49.8 Å². The molecule has 0 aliphatic heterocycles. The molecular formula is C30H24N4O4S2. The highest BCUT2D eigenvalue weighted by Crippen LogP contribution is 2.43. The second-order valence-electron chi connectivity index (χ2n) is 8.45. The van der Waals surface area contributed by atoms with Crippen molar-refractivity contribution in [3.63, 3.8) is 0 Å². The van der Waals surface area contributed by atoms with Crippen LogP contribution in [0.15, 0.2) is 77.8 Å². The van der Waals surface area contributed by atoms with Crippen molar-refractivity contribution in [2.75, 3.05) is 32.4 Å². The van der Waals surface area contributed by atoms with Gasteiger partial charge in [0.15, 0.2) is 16.6 Å². The topological polar surface area (TPSA) is 106 Å². The van der Waals surface area contributed by atoms with Crippen LogP contribution < -0.4 is 19.5 Å². The van der Waals surface area contributed by atoms with Crippen molar-refractivity contribution in [1.29, 1.82) is 5.26 Å². The monoisotopic (exact) mass is 568 g/mol. The van der Waals surface area contributed by atoms with Gasteiger partial charge in [0, 0.05) is 11.1 Å². The smallest absolute Gasteiger partial charge is 0.236 e. The molecule has 40 heavy (non-hydrogen) atoms. The number of aromatic nitrogens is 2. The lowest BCUT2D eigenvalue weighted by Gasteiger charge is -2.16. The highest BCUT2D eigenvalue weighted by atomic mass is 32.2. The second-order valence-corrected chi connectivity index (χ2v) is 10.4. The Morgan fingerprint density at radius 1 is 0.925 bits per heavy atom. The molecule has 1 amide bonds. The molecule has 10 heteroatoms. The van der Waals surface area contributed by atoms with E-state index in [2.05, 4.69) is 16.4 Å². The summed E-state index contributed by atoms with van der Waals surface area (Å²) in [6, 6.07) is 25.1. The van der Waals surface area contributed by atoms with Gasteiger partial charge >= 0.3 is 0 Å². The maximum atomic E-state index is 12.9. The summed E-state index contributed by atoms with van der Waals surface area (Å²) in [5, 5.41) is 14.1. The van der Waals surface area contributed by atoms with E-state index in [1.165, 1.54) is 30.2 Å². The molecule has 0 aliphatic rings. The third kappa shape index (κ3) is 5.57. The molecular weight excluding hydrogens is 544 g/mol. The Morgan fingerprint density at radius 3 is 2.27 bits per heavy atom. The minimum absolute atomic E-state index is 0.0462. The first kappa shape index (κ1) is 27.0. The number of thiazole rings is 1. The summed E-state index contributed by atoms with van der Waals surface area (Å²) in [5.41, 5.74) is 4.02. The molecule has 0 aliphatic carbocycles. The molecule has 0 saturated carbocycles. The van der Waals surface area contributed by atoms with Crippen LogP contribution in [0, 0.1) is 11.3 Å². The third-order valence-electron chi connectivity index (χ3n) is 6.02. The molecule has 5 aromatic rings. The van der Waals surface area contributed by atoms with Gasteiger partial charge < -0.3 is 19.5 Å². The molecule has 5 rings (SSSR count). The number of nitrogens with one attached hydrogen (secondary N) is 1. The van der Waals surface area contributed by atoms with Crippen molar-refractivity contribution < 1.29 is 19.0 Å². The number of pyridine rings is 1. The van der Waals surface area contributed by atoms with E-state index in [0.717, 1.165) is 15.8 Å². The molecule has 0 saturated heterocycles. The van der Waals surface area contributed by atoms with Gasteiger partial charge in [0.1, 0.15) is 11.1 Å². The average Bonchev–Trinajstić information content (AvgIpc) is 3.41. The average molecular weight is 569 g/mol. The number of para-hydroxylation sites is 1. The van der Waals surface area contributed by atoms with E-state index in [9.17, 15) is 10.1 Å². The number of nitrogens with zero attached hydrogens (tertiary/aromatic N) is 3. The largest absolute Gasteiger partial charge is 0.493 e. The fourth-order valence-electron chi connectivity index (χ4n) is 4.17. The van der Waals surface area contributed by atoms with Crippen molar-refractivity contribution in [2.45, 2.75) is 5.03 Å². The minimum atomic E-state index is -0.241. The van der Waals surface area contributed by atoms with E-state index < -0.39 is 0 Å². The molecule has 0 bridgehead atoms. The predicted molar refractivity (Wildman–Crippen MR) is 158 cm³/mol. The second kappa shape index (κ2) is 12.1. The fraction of sp³-hybridized carbons (Fsp3) is 0.133. The van der Waals surface area contributed by atoms with Crippen LogP contribution in [0.5, 0.6) is 17.2 Å². The zero-order chi connectivity index (χ0) is 28.1. The summed E-state index contributed by atoms with van der Waals surface area (Å²) in [6.45, 7) is 0. The minimum Gasteiger partial charge on any atom is -0.493 e. The molecule has 0 radical (unpaired) electrons. The number of nitriles is 1. The SMILES string of the molecule is COc1cc(-c2cc(-c3ccccc3)nc(SCC(=O)Nc3nc4ccccc4s3)c2C#N)cc(OC)c1OC. The van der Waals surface area contributed by atoms with Gasteiger partial charge in [0.05, 0.1) is 48.6 Å². The molecule has 0 spiro atoms. The van der Waals surface area contributed by atoms with E-state index >= 15 is 0 Å². The maximum Gasteiger partial charge on any atom is 0.236 e. The zero-order valence-corrected chi connectivity index (χ0v) is 23.6. The van der Waals surface area contributed by atoms with Gasteiger partial charge in [0.2, 0.25) is 11.7 Å². The first-order chi connectivity index (χ1) is 19.5. The number of anilines is 1. The summed E-state index contributed by atoms with van der Waals surface area (Å²) in [6.07, 6.45) is 0.